The normalized spacial score (nSPS) is 19.9. The van der Waals surface area contributed by atoms with Gasteiger partial charge in [-0.25, -0.2) is 4.98 Å². The van der Waals surface area contributed by atoms with Crippen LogP contribution in [-0.4, -0.2) is 35.5 Å². The van der Waals surface area contributed by atoms with E-state index in [1.54, 1.807) is 23.2 Å². The van der Waals surface area contributed by atoms with Crippen LogP contribution in [0.3, 0.4) is 0 Å². The summed E-state index contributed by atoms with van der Waals surface area (Å²) in [4.78, 5) is 31.5. The molecule has 148 valence electrons. The highest BCUT2D eigenvalue weighted by molar-refractivity contribution is 7.09. The molecule has 2 aliphatic rings. The van der Waals surface area contributed by atoms with Crippen LogP contribution in [-0.2, 0) is 9.59 Å². The third kappa shape index (κ3) is 3.90. The average molecular weight is 400 g/mol. The van der Waals surface area contributed by atoms with Crippen molar-refractivity contribution in [1.82, 2.24) is 10.3 Å². The molecule has 1 aliphatic heterocycles. The molecule has 1 aromatic heterocycles. The molecule has 0 radical (unpaired) electrons. The van der Waals surface area contributed by atoms with E-state index in [2.05, 4.69) is 10.3 Å². The molecule has 1 aromatic carbocycles. The lowest BCUT2D eigenvalue weighted by Gasteiger charge is -2.33. The average Bonchev–Trinajstić information content (AvgIpc) is 3.12. The fourth-order valence-electron chi connectivity index (χ4n) is 3.89. The Morgan fingerprint density at radius 1 is 1.32 bits per heavy atom. The minimum absolute atomic E-state index is 0.00950. The first kappa shape index (κ1) is 18.9. The second kappa shape index (κ2) is 7.91. The summed E-state index contributed by atoms with van der Waals surface area (Å²) in [5.41, 5.74) is 2.40. The van der Waals surface area contributed by atoms with Crippen molar-refractivity contribution in [1.29, 1.82) is 0 Å². The van der Waals surface area contributed by atoms with Gasteiger partial charge in [-0.15, -0.1) is 11.3 Å². The predicted octanol–water partition coefficient (Wildman–Crippen LogP) is 3.68. The van der Waals surface area contributed by atoms with Crippen molar-refractivity contribution in [2.75, 3.05) is 11.4 Å². The van der Waals surface area contributed by atoms with Gasteiger partial charge >= 0.3 is 0 Å². The zero-order chi connectivity index (χ0) is 19.7. The molecule has 6 nitrogen and oxygen atoms in total. The molecule has 0 bridgehead atoms. The number of hydrogen-bond acceptors (Lipinski definition) is 5. The van der Waals surface area contributed by atoms with Crippen molar-refractivity contribution in [3.63, 3.8) is 0 Å². The van der Waals surface area contributed by atoms with Gasteiger partial charge in [-0.2, -0.15) is 0 Å². The van der Waals surface area contributed by atoms with E-state index in [1.807, 2.05) is 30.5 Å². The lowest BCUT2D eigenvalue weighted by molar-refractivity contribution is -0.128. The number of benzene rings is 1. The van der Waals surface area contributed by atoms with Crippen LogP contribution in [0.15, 0.2) is 23.6 Å². The first-order valence-electron chi connectivity index (χ1n) is 9.85. The standard InChI is InChI=1S/C21H25N3O3S/c1-13-21(26)24(11-20(25)23-16-6-4-3-5-7-16)18-10-15(8-9-19(18)27-13)17-12-28-14(2)22-17/h8-10,12-13,16H,3-7,11H2,1-2H3,(H,23,25). The van der Waals surface area contributed by atoms with Crippen molar-refractivity contribution < 1.29 is 14.3 Å². The van der Waals surface area contributed by atoms with E-state index in [0.717, 1.165) is 41.9 Å². The highest BCUT2D eigenvalue weighted by atomic mass is 32.1. The molecule has 1 N–H and O–H groups in total. The number of aromatic nitrogens is 1. The van der Waals surface area contributed by atoms with Crippen LogP contribution in [0, 0.1) is 6.92 Å². The van der Waals surface area contributed by atoms with Crippen LogP contribution in [0.5, 0.6) is 5.75 Å². The van der Waals surface area contributed by atoms with Gasteiger partial charge in [0.1, 0.15) is 12.3 Å². The maximum absolute atomic E-state index is 12.8. The number of rotatable bonds is 4. The van der Waals surface area contributed by atoms with Crippen LogP contribution in [0.25, 0.3) is 11.3 Å². The van der Waals surface area contributed by atoms with Gasteiger partial charge in [-0.3, -0.25) is 14.5 Å². The van der Waals surface area contributed by atoms with Gasteiger partial charge in [0.25, 0.3) is 5.91 Å². The minimum Gasteiger partial charge on any atom is -0.479 e. The van der Waals surface area contributed by atoms with E-state index in [0.29, 0.717) is 11.4 Å². The summed E-state index contributed by atoms with van der Waals surface area (Å²) in [5.74, 6) is 0.307. The molecule has 1 saturated carbocycles. The summed E-state index contributed by atoms with van der Waals surface area (Å²) in [5, 5.41) is 6.07. The molecule has 0 spiro atoms. The van der Waals surface area contributed by atoms with Crippen LogP contribution < -0.4 is 15.0 Å². The van der Waals surface area contributed by atoms with Gasteiger partial charge in [-0.1, -0.05) is 19.3 Å². The molecule has 4 rings (SSSR count). The second-order valence-electron chi connectivity index (χ2n) is 7.52. The van der Waals surface area contributed by atoms with Gasteiger partial charge < -0.3 is 10.1 Å². The van der Waals surface area contributed by atoms with E-state index in [9.17, 15) is 9.59 Å². The molecule has 1 fully saturated rings. The topological polar surface area (TPSA) is 71.5 Å². The molecule has 0 saturated heterocycles. The lowest BCUT2D eigenvalue weighted by atomic mass is 9.95. The molecule has 7 heteroatoms. The van der Waals surface area contributed by atoms with Crippen LogP contribution in [0.1, 0.15) is 44.0 Å². The number of nitrogens with one attached hydrogen (secondary N) is 1. The molecular weight excluding hydrogens is 374 g/mol. The second-order valence-corrected chi connectivity index (χ2v) is 8.58. The van der Waals surface area contributed by atoms with E-state index in [1.165, 1.54) is 6.42 Å². The number of fused-ring (bicyclic) bond motifs is 1. The fraction of sp³-hybridized carbons (Fsp3) is 0.476. The van der Waals surface area contributed by atoms with E-state index >= 15 is 0 Å². The first-order valence-corrected chi connectivity index (χ1v) is 10.7. The number of ether oxygens (including phenoxy) is 1. The SMILES string of the molecule is Cc1nc(-c2ccc3c(c2)N(CC(=O)NC2CCCCC2)C(=O)C(C)O3)cs1. The zero-order valence-electron chi connectivity index (χ0n) is 16.2. The molecule has 1 unspecified atom stereocenters. The summed E-state index contributed by atoms with van der Waals surface area (Å²) in [6, 6.07) is 5.91. The van der Waals surface area contributed by atoms with Crippen molar-refractivity contribution in [2.45, 2.75) is 58.1 Å². The first-order chi connectivity index (χ1) is 13.5. The Morgan fingerprint density at radius 3 is 2.82 bits per heavy atom. The van der Waals surface area contributed by atoms with Crippen LogP contribution in [0.4, 0.5) is 5.69 Å². The highest BCUT2D eigenvalue weighted by Gasteiger charge is 2.33. The number of amides is 2. The maximum Gasteiger partial charge on any atom is 0.268 e. The van der Waals surface area contributed by atoms with Crippen LogP contribution in [0.2, 0.25) is 0 Å². The molecule has 1 atom stereocenters. The molecular formula is C21H25N3O3S. The van der Waals surface area contributed by atoms with Gasteiger partial charge in [0.05, 0.1) is 16.4 Å². The Kier molecular flexibility index (Phi) is 5.35. The number of nitrogens with zero attached hydrogens (tertiary/aromatic N) is 2. The minimum atomic E-state index is -0.609. The van der Waals surface area contributed by atoms with E-state index in [4.69, 9.17) is 4.74 Å². The number of thiazole rings is 1. The monoisotopic (exact) mass is 399 g/mol. The number of hydrogen-bond donors (Lipinski definition) is 1. The van der Waals surface area contributed by atoms with Gasteiger partial charge in [-0.05, 0) is 44.9 Å². The van der Waals surface area contributed by atoms with Gasteiger partial charge in [0, 0.05) is 17.0 Å². The Morgan fingerprint density at radius 2 is 2.11 bits per heavy atom. The largest absolute Gasteiger partial charge is 0.479 e. The molecule has 1 aliphatic carbocycles. The Balaban J connectivity index is 1.58. The Bertz CT molecular complexity index is 889. The van der Waals surface area contributed by atoms with E-state index in [-0.39, 0.29) is 24.4 Å². The quantitative estimate of drug-likeness (QED) is 0.851. The number of anilines is 1. The van der Waals surface area contributed by atoms with Crippen molar-refractivity contribution in [3.8, 4) is 17.0 Å². The van der Waals surface area contributed by atoms with Crippen LogP contribution >= 0.6 is 11.3 Å². The number of carbonyl (C=O) groups is 2. The summed E-state index contributed by atoms with van der Waals surface area (Å²) < 4.78 is 5.76. The third-order valence-corrected chi connectivity index (χ3v) is 6.13. The van der Waals surface area contributed by atoms with Gasteiger partial charge in [0.15, 0.2) is 6.10 Å². The summed E-state index contributed by atoms with van der Waals surface area (Å²) >= 11 is 1.58. The summed E-state index contributed by atoms with van der Waals surface area (Å²) in [6.45, 7) is 3.69. The van der Waals surface area contributed by atoms with E-state index < -0.39 is 6.10 Å². The molecule has 2 heterocycles. The number of carbonyl (C=O) groups excluding carboxylic acids is 2. The maximum atomic E-state index is 12.8. The Hall–Kier alpha value is -2.41. The van der Waals surface area contributed by atoms with Crippen molar-refractivity contribution in [2.24, 2.45) is 0 Å². The molecule has 2 aromatic rings. The third-order valence-electron chi connectivity index (χ3n) is 5.35. The summed E-state index contributed by atoms with van der Waals surface area (Å²) in [7, 11) is 0. The highest BCUT2D eigenvalue weighted by Crippen LogP contribution is 2.37. The van der Waals surface area contributed by atoms with Gasteiger partial charge in [0.2, 0.25) is 5.91 Å². The molecule has 2 amide bonds. The lowest BCUT2D eigenvalue weighted by Crippen LogP contribution is -2.50. The summed E-state index contributed by atoms with van der Waals surface area (Å²) in [6.07, 6.45) is 4.96. The fourth-order valence-corrected chi connectivity index (χ4v) is 4.51. The molecule has 28 heavy (non-hydrogen) atoms. The Labute approximate surface area is 168 Å². The zero-order valence-corrected chi connectivity index (χ0v) is 17.1. The van der Waals surface area contributed by atoms with Crippen molar-refractivity contribution in [3.05, 3.63) is 28.6 Å². The van der Waals surface area contributed by atoms with Crippen molar-refractivity contribution >= 4 is 28.8 Å². The number of aryl methyl sites for hydroxylation is 1. The smallest absolute Gasteiger partial charge is 0.268 e. The predicted molar refractivity (Wildman–Crippen MR) is 110 cm³/mol.